The quantitative estimate of drug-likeness (QED) is 0.608. The second kappa shape index (κ2) is 8.65. The van der Waals surface area contributed by atoms with Crippen LogP contribution in [-0.2, 0) is 23.9 Å². The highest BCUT2D eigenvalue weighted by atomic mass is 16.6. The highest BCUT2D eigenvalue weighted by Crippen LogP contribution is 2.67. The second-order valence-corrected chi connectivity index (χ2v) is 10.8. The van der Waals surface area contributed by atoms with Crippen LogP contribution >= 0.6 is 0 Å². The van der Waals surface area contributed by atoms with Gasteiger partial charge in [-0.2, -0.15) is 0 Å². The zero-order valence-electron chi connectivity index (χ0n) is 21.1. The zero-order chi connectivity index (χ0) is 25.0. The molecule has 1 aromatic rings. The van der Waals surface area contributed by atoms with Crippen LogP contribution in [0.5, 0.6) is 0 Å². The lowest BCUT2D eigenvalue weighted by atomic mass is 9.51. The summed E-state index contributed by atoms with van der Waals surface area (Å²) in [4.78, 5) is 37.9. The van der Waals surface area contributed by atoms with E-state index in [0.717, 1.165) is 24.9 Å². The minimum atomic E-state index is -1.29. The van der Waals surface area contributed by atoms with Crippen molar-refractivity contribution < 1.29 is 23.9 Å². The van der Waals surface area contributed by atoms with E-state index in [0.29, 0.717) is 31.5 Å². The van der Waals surface area contributed by atoms with Crippen molar-refractivity contribution in [2.75, 3.05) is 19.5 Å². The first-order valence-electron chi connectivity index (χ1n) is 12.7. The second-order valence-electron chi connectivity index (χ2n) is 10.8. The van der Waals surface area contributed by atoms with Crippen LogP contribution in [0.2, 0.25) is 0 Å². The Balaban J connectivity index is 1.67. The maximum Gasteiger partial charge on any atom is 0.350 e. The Morgan fingerprint density at radius 2 is 1.89 bits per heavy atom. The summed E-state index contributed by atoms with van der Waals surface area (Å²) in [6.07, 6.45) is 6.98. The Morgan fingerprint density at radius 3 is 2.54 bits per heavy atom. The number of esters is 2. The molecule has 0 amide bonds. The number of methoxy groups -OCH3 is 1. The fourth-order valence-corrected chi connectivity index (χ4v) is 7.72. The van der Waals surface area contributed by atoms with Crippen LogP contribution in [0.25, 0.3) is 0 Å². The molecule has 1 N–H and O–H groups in total. The monoisotopic (exact) mass is 477 g/mol. The Hall–Kier alpha value is -2.89. The predicted octanol–water partition coefficient (Wildman–Crippen LogP) is 5.10. The first-order chi connectivity index (χ1) is 16.7. The highest BCUT2D eigenvalue weighted by molar-refractivity contribution is 5.86. The molecule has 0 spiro atoms. The number of rotatable bonds is 4. The molecule has 1 aromatic carbocycles. The average Bonchev–Trinajstić information content (AvgIpc) is 3.14. The van der Waals surface area contributed by atoms with Gasteiger partial charge in [0.2, 0.25) is 5.60 Å². The molecule has 0 aromatic heterocycles. The summed E-state index contributed by atoms with van der Waals surface area (Å²) in [5, 5.41) is 3.19. The van der Waals surface area contributed by atoms with Gasteiger partial charge in [0.1, 0.15) is 5.78 Å². The third-order valence-corrected chi connectivity index (χ3v) is 9.27. The zero-order valence-corrected chi connectivity index (χ0v) is 21.1. The van der Waals surface area contributed by atoms with Crippen LogP contribution in [0.4, 0.5) is 5.69 Å². The van der Waals surface area contributed by atoms with Crippen molar-refractivity contribution in [1.82, 2.24) is 0 Å². The Morgan fingerprint density at radius 1 is 1.14 bits per heavy atom. The lowest BCUT2D eigenvalue weighted by Crippen LogP contribution is -2.58. The van der Waals surface area contributed by atoms with Crippen molar-refractivity contribution in [3.63, 3.8) is 0 Å². The lowest BCUT2D eigenvalue weighted by Gasteiger charge is -2.54. The van der Waals surface area contributed by atoms with Crippen LogP contribution < -0.4 is 5.32 Å². The number of Topliss-reactive ketones (excluding diaryl/α,β-unsaturated/α-hetero) is 1. The van der Waals surface area contributed by atoms with E-state index in [2.05, 4.69) is 42.6 Å². The molecule has 3 fully saturated rings. The summed E-state index contributed by atoms with van der Waals surface area (Å²) >= 11 is 0. The Labute approximate surface area is 207 Å². The molecule has 4 aliphatic carbocycles. The van der Waals surface area contributed by atoms with Crippen molar-refractivity contribution in [3.05, 3.63) is 52.6 Å². The van der Waals surface area contributed by atoms with Gasteiger partial charge in [0.05, 0.1) is 7.11 Å². The molecular weight excluding hydrogens is 442 g/mol. The normalized spacial score (nSPS) is 33.8. The molecule has 5 atom stereocenters. The van der Waals surface area contributed by atoms with Crippen molar-refractivity contribution in [2.24, 2.45) is 17.3 Å². The molecule has 4 aliphatic rings. The van der Waals surface area contributed by atoms with Crippen LogP contribution in [-0.4, -0.2) is 37.5 Å². The van der Waals surface area contributed by atoms with E-state index in [1.165, 1.54) is 36.3 Å². The molecule has 0 heterocycles. The summed E-state index contributed by atoms with van der Waals surface area (Å²) in [5.41, 5.74) is 4.38. The molecule has 186 valence electrons. The Bertz CT molecular complexity index is 1130. The van der Waals surface area contributed by atoms with Gasteiger partial charge in [-0.3, -0.25) is 9.59 Å². The minimum absolute atomic E-state index is 0.0803. The average molecular weight is 478 g/mol. The van der Waals surface area contributed by atoms with E-state index in [1.54, 1.807) is 0 Å². The van der Waals surface area contributed by atoms with Crippen LogP contribution in [0.3, 0.4) is 0 Å². The molecular formula is C29H35NO5. The molecule has 0 bridgehead atoms. The topological polar surface area (TPSA) is 81.7 Å². The number of ketones is 1. The fraction of sp³-hybridized carbons (Fsp3) is 0.552. The van der Waals surface area contributed by atoms with E-state index < -0.39 is 23.0 Å². The molecule has 0 aliphatic heterocycles. The minimum Gasteiger partial charge on any atom is -0.466 e. The van der Waals surface area contributed by atoms with E-state index in [4.69, 9.17) is 9.47 Å². The number of carbonyl (C=O) groups is 3. The van der Waals surface area contributed by atoms with Gasteiger partial charge in [-0.15, -0.1) is 0 Å². The van der Waals surface area contributed by atoms with Crippen molar-refractivity contribution >= 4 is 23.4 Å². The molecule has 0 saturated heterocycles. The van der Waals surface area contributed by atoms with Gasteiger partial charge in [0.25, 0.3) is 0 Å². The van der Waals surface area contributed by atoms with Crippen molar-refractivity contribution in [1.29, 1.82) is 0 Å². The summed E-state index contributed by atoms with van der Waals surface area (Å²) < 4.78 is 11.2. The van der Waals surface area contributed by atoms with Crippen LogP contribution in [0.15, 0.2) is 47.1 Å². The van der Waals surface area contributed by atoms with Gasteiger partial charge in [0, 0.05) is 43.8 Å². The molecule has 3 saturated carbocycles. The summed E-state index contributed by atoms with van der Waals surface area (Å²) in [7, 11) is 3.28. The highest BCUT2D eigenvalue weighted by Gasteiger charge is 2.69. The van der Waals surface area contributed by atoms with Gasteiger partial charge in [0.15, 0.2) is 0 Å². The number of fused-ring (bicyclic) bond motifs is 4. The maximum absolute atomic E-state index is 13.3. The van der Waals surface area contributed by atoms with Gasteiger partial charge in [-0.05, 0) is 72.8 Å². The smallest absolute Gasteiger partial charge is 0.350 e. The van der Waals surface area contributed by atoms with Gasteiger partial charge < -0.3 is 14.8 Å². The van der Waals surface area contributed by atoms with Crippen molar-refractivity contribution in [2.45, 2.75) is 70.3 Å². The number of ether oxygens (including phenoxy) is 2. The van der Waals surface area contributed by atoms with E-state index >= 15 is 0 Å². The fourth-order valence-electron chi connectivity index (χ4n) is 7.72. The molecule has 6 heteroatoms. The van der Waals surface area contributed by atoms with Crippen LogP contribution in [0.1, 0.15) is 70.3 Å². The van der Waals surface area contributed by atoms with Crippen molar-refractivity contribution in [3.8, 4) is 0 Å². The number of carbonyl (C=O) groups excluding carboxylic acids is 3. The number of hydrogen-bond donors (Lipinski definition) is 1. The summed E-state index contributed by atoms with van der Waals surface area (Å²) in [6, 6.07) is 8.50. The third kappa shape index (κ3) is 3.56. The first-order valence-corrected chi connectivity index (χ1v) is 12.7. The third-order valence-electron chi connectivity index (χ3n) is 9.27. The molecule has 35 heavy (non-hydrogen) atoms. The van der Waals surface area contributed by atoms with Crippen LogP contribution in [0, 0.1) is 17.3 Å². The first kappa shape index (κ1) is 23.8. The molecule has 6 nitrogen and oxygen atoms in total. The number of nitrogens with one attached hydrogen (secondary N) is 1. The molecule has 3 unspecified atom stereocenters. The molecule has 0 radical (unpaired) electrons. The summed E-state index contributed by atoms with van der Waals surface area (Å²) in [5.74, 6) is -0.0726. The van der Waals surface area contributed by atoms with Gasteiger partial charge in [-0.1, -0.05) is 30.7 Å². The standard InChI is InChI=1S/C29H35NO5/c1-17(31)35-29(27(33)34-4)14-13-25-23-11-7-19-15-21(32)10-12-22(19)26(23)24(16-28(25,29)2)18-5-8-20(30-3)9-6-18/h5-9,23-25,30H,10-16H2,1-4H3/t23?,24?,25?,28-,29-/m0/s1. The maximum atomic E-state index is 13.3. The SMILES string of the molecule is CNc1ccc(C2C[C@@]3(C)C(CC[C@]3(OC(C)=O)C(=O)OC)C3CC=C4CC(=O)CCC4=C23)cc1. The number of allylic oxidation sites excluding steroid dienone is 4. The molecule has 5 rings (SSSR count). The van der Waals surface area contributed by atoms with E-state index in [9.17, 15) is 14.4 Å². The van der Waals surface area contributed by atoms with Gasteiger partial charge >= 0.3 is 11.9 Å². The number of benzene rings is 1. The predicted molar refractivity (Wildman–Crippen MR) is 133 cm³/mol. The van der Waals surface area contributed by atoms with E-state index in [1.807, 2.05) is 7.05 Å². The van der Waals surface area contributed by atoms with Gasteiger partial charge in [-0.25, -0.2) is 4.79 Å². The number of hydrogen-bond acceptors (Lipinski definition) is 6. The lowest BCUT2D eigenvalue weighted by molar-refractivity contribution is -0.198. The van der Waals surface area contributed by atoms with E-state index in [-0.39, 0.29) is 17.8 Å². The largest absolute Gasteiger partial charge is 0.466 e. The summed E-state index contributed by atoms with van der Waals surface area (Å²) in [6.45, 7) is 3.50. The Kier molecular flexibility index (Phi) is 5.89. The number of anilines is 1.